The summed E-state index contributed by atoms with van der Waals surface area (Å²) >= 11 is 0. The van der Waals surface area contributed by atoms with E-state index in [1.54, 1.807) is 6.26 Å². The third kappa shape index (κ3) is 2.78. The lowest BCUT2D eigenvalue weighted by Gasteiger charge is -1.90. The number of rotatable bonds is 4. The molecule has 0 aromatic carbocycles. The van der Waals surface area contributed by atoms with Crippen LogP contribution in [-0.4, -0.2) is 6.54 Å². The Kier molecular flexibility index (Phi) is 3.09. The van der Waals surface area contributed by atoms with Crippen molar-refractivity contribution >= 4 is 0 Å². The van der Waals surface area contributed by atoms with Gasteiger partial charge in [-0.1, -0.05) is 5.11 Å². The van der Waals surface area contributed by atoms with Crippen molar-refractivity contribution in [2.24, 2.45) is 5.11 Å². The second-order valence-corrected chi connectivity index (χ2v) is 2.14. The summed E-state index contributed by atoms with van der Waals surface area (Å²) in [5.41, 5.74) is 7.96. The lowest BCUT2D eigenvalue weighted by Crippen LogP contribution is -1.84. The maximum atomic E-state index is 7.96. The van der Waals surface area contributed by atoms with Crippen LogP contribution in [-0.2, 0) is 6.42 Å². The van der Waals surface area contributed by atoms with Gasteiger partial charge >= 0.3 is 0 Å². The van der Waals surface area contributed by atoms with E-state index in [1.807, 2.05) is 12.1 Å². The number of aryl methyl sites for hydroxylation is 1. The van der Waals surface area contributed by atoms with E-state index in [0.717, 1.165) is 18.6 Å². The zero-order valence-electron chi connectivity index (χ0n) is 6.10. The molecule has 0 amide bonds. The van der Waals surface area contributed by atoms with Gasteiger partial charge in [0.05, 0.1) is 6.26 Å². The third-order valence-corrected chi connectivity index (χ3v) is 1.32. The number of nitrogens with zero attached hydrogens (tertiary/aromatic N) is 3. The van der Waals surface area contributed by atoms with Gasteiger partial charge in [0.25, 0.3) is 0 Å². The first kappa shape index (κ1) is 7.69. The standard InChI is InChI=1S/C7H9N3O/c8-10-9-5-1-3-7-4-2-6-11-7/h2,4,6H,1,3,5H2. The van der Waals surface area contributed by atoms with Crippen LogP contribution in [0.2, 0.25) is 0 Å². The van der Waals surface area contributed by atoms with Gasteiger partial charge in [0, 0.05) is 17.9 Å². The predicted octanol–water partition coefficient (Wildman–Crippen LogP) is 2.52. The molecule has 0 bridgehead atoms. The average molecular weight is 151 g/mol. The summed E-state index contributed by atoms with van der Waals surface area (Å²) < 4.78 is 5.08. The van der Waals surface area contributed by atoms with Crippen molar-refractivity contribution in [3.8, 4) is 0 Å². The van der Waals surface area contributed by atoms with Crippen LogP contribution in [0, 0.1) is 0 Å². The minimum absolute atomic E-state index is 0.539. The van der Waals surface area contributed by atoms with Crippen molar-refractivity contribution in [1.82, 2.24) is 0 Å². The van der Waals surface area contributed by atoms with E-state index in [1.165, 1.54) is 0 Å². The fraction of sp³-hybridized carbons (Fsp3) is 0.429. The molecular formula is C7H9N3O. The molecule has 4 heteroatoms. The summed E-state index contributed by atoms with van der Waals surface area (Å²) in [4.78, 5) is 2.65. The molecule has 0 radical (unpaired) electrons. The maximum absolute atomic E-state index is 7.96. The van der Waals surface area contributed by atoms with Gasteiger partial charge in [-0.2, -0.15) is 0 Å². The Bertz CT molecular complexity index is 236. The molecule has 0 aliphatic carbocycles. The van der Waals surface area contributed by atoms with Gasteiger partial charge in [-0.05, 0) is 24.1 Å². The highest BCUT2D eigenvalue weighted by Crippen LogP contribution is 2.02. The molecule has 0 unspecified atom stereocenters. The average Bonchev–Trinajstić information content (AvgIpc) is 2.50. The van der Waals surface area contributed by atoms with Gasteiger partial charge in [-0.15, -0.1) is 0 Å². The van der Waals surface area contributed by atoms with E-state index in [4.69, 9.17) is 9.95 Å². The van der Waals surface area contributed by atoms with Gasteiger partial charge in [0.1, 0.15) is 5.76 Å². The van der Waals surface area contributed by atoms with Crippen LogP contribution in [0.15, 0.2) is 27.9 Å². The summed E-state index contributed by atoms with van der Waals surface area (Å²) in [6.45, 7) is 0.539. The number of hydrogen-bond acceptors (Lipinski definition) is 2. The van der Waals surface area contributed by atoms with Crippen molar-refractivity contribution in [2.45, 2.75) is 12.8 Å². The van der Waals surface area contributed by atoms with E-state index in [9.17, 15) is 0 Å². The number of furan rings is 1. The highest BCUT2D eigenvalue weighted by atomic mass is 16.3. The molecule has 0 saturated heterocycles. The Hall–Kier alpha value is -1.41. The van der Waals surface area contributed by atoms with Crippen LogP contribution in [0.1, 0.15) is 12.2 Å². The lowest BCUT2D eigenvalue weighted by atomic mass is 10.2. The molecule has 0 aliphatic heterocycles. The van der Waals surface area contributed by atoms with E-state index in [2.05, 4.69) is 10.0 Å². The molecule has 1 heterocycles. The SMILES string of the molecule is [N-]=[N+]=NCCCc1ccco1. The summed E-state index contributed by atoms with van der Waals surface area (Å²) in [6.07, 6.45) is 3.33. The van der Waals surface area contributed by atoms with Crippen LogP contribution in [0.25, 0.3) is 10.4 Å². The minimum Gasteiger partial charge on any atom is -0.469 e. The molecule has 58 valence electrons. The molecule has 0 N–H and O–H groups in total. The van der Waals surface area contributed by atoms with Gasteiger partial charge in [0.2, 0.25) is 0 Å². The lowest BCUT2D eigenvalue weighted by molar-refractivity contribution is 0.503. The Balaban J connectivity index is 2.18. The zero-order chi connectivity index (χ0) is 7.94. The molecule has 4 nitrogen and oxygen atoms in total. The maximum Gasteiger partial charge on any atom is 0.103 e. The van der Waals surface area contributed by atoms with E-state index >= 15 is 0 Å². The Morgan fingerprint density at radius 2 is 2.55 bits per heavy atom. The quantitative estimate of drug-likeness (QED) is 0.282. The minimum atomic E-state index is 0.539. The van der Waals surface area contributed by atoms with Gasteiger partial charge in [-0.3, -0.25) is 0 Å². The van der Waals surface area contributed by atoms with Crippen LogP contribution in [0.3, 0.4) is 0 Å². The Morgan fingerprint density at radius 1 is 1.64 bits per heavy atom. The highest BCUT2D eigenvalue weighted by molar-refractivity contribution is 4.97. The van der Waals surface area contributed by atoms with Crippen LogP contribution >= 0.6 is 0 Å². The molecule has 1 aromatic rings. The molecule has 0 saturated carbocycles. The smallest absolute Gasteiger partial charge is 0.103 e. The van der Waals surface area contributed by atoms with Crippen molar-refractivity contribution in [3.05, 3.63) is 34.6 Å². The first-order valence-corrected chi connectivity index (χ1v) is 3.46. The fourth-order valence-electron chi connectivity index (χ4n) is 0.824. The Labute approximate surface area is 64.5 Å². The number of azide groups is 1. The molecule has 0 aliphatic rings. The van der Waals surface area contributed by atoms with Crippen molar-refractivity contribution < 1.29 is 4.42 Å². The normalized spacial score (nSPS) is 9.09. The molecule has 11 heavy (non-hydrogen) atoms. The van der Waals surface area contributed by atoms with E-state index in [-0.39, 0.29) is 0 Å². The molecular weight excluding hydrogens is 142 g/mol. The van der Waals surface area contributed by atoms with Crippen molar-refractivity contribution in [2.75, 3.05) is 6.54 Å². The monoisotopic (exact) mass is 151 g/mol. The van der Waals surface area contributed by atoms with E-state index < -0.39 is 0 Å². The summed E-state index contributed by atoms with van der Waals surface area (Å²) in [6, 6.07) is 3.76. The second-order valence-electron chi connectivity index (χ2n) is 2.14. The molecule has 0 fully saturated rings. The van der Waals surface area contributed by atoms with Gasteiger partial charge < -0.3 is 4.42 Å². The van der Waals surface area contributed by atoms with Gasteiger partial charge in [0.15, 0.2) is 0 Å². The molecule has 0 atom stereocenters. The van der Waals surface area contributed by atoms with Crippen molar-refractivity contribution in [1.29, 1.82) is 0 Å². The third-order valence-electron chi connectivity index (χ3n) is 1.32. The largest absolute Gasteiger partial charge is 0.469 e. The first-order chi connectivity index (χ1) is 5.43. The second kappa shape index (κ2) is 4.41. The number of hydrogen-bond donors (Lipinski definition) is 0. The predicted molar refractivity (Wildman–Crippen MR) is 41.0 cm³/mol. The van der Waals surface area contributed by atoms with Gasteiger partial charge in [-0.25, -0.2) is 0 Å². The van der Waals surface area contributed by atoms with E-state index in [0.29, 0.717) is 6.54 Å². The molecule has 1 aromatic heterocycles. The van der Waals surface area contributed by atoms with Crippen LogP contribution in [0.4, 0.5) is 0 Å². The summed E-state index contributed by atoms with van der Waals surface area (Å²) in [5.74, 6) is 0.943. The molecule has 1 rings (SSSR count). The Morgan fingerprint density at radius 3 is 3.18 bits per heavy atom. The fourth-order valence-corrected chi connectivity index (χ4v) is 0.824. The van der Waals surface area contributed by atoms with Crippen molar-refractivity contribution in [3.63, 3.8) is 0 Å². The summed E-state index contributed by atoms with van der Waals surface area (Å²) in [5, 5.41) is 3.41. The first-order valence-electron chi connectivity index (χ1n) is 3.46. The highest BCUT2D eigenvalue weighted by Gasteiger charge is 1.92. The molecule has 0 spiro atoms. The van der Waals surface area contributed by atoms with Crippen LogP contribution < -0.4 is 0 Å². The summed E-state index contributed by atoms with van der Waals surface area (Å²) in [7, 11) is 0. The topological polar surface area (TPSA) is 61.9 Å². The zero-order valence-corrected chi connectivity index (χ0v) is 6.10. The van der Waals surface area contributed by atoms with Crippen LogP contribution in [0.5, 0.6) is 0 Å².